The predicted molar refractivity (Wildman–Crippen MR) is 88.7 cm³/mol. The van der Waals surface area contributed by atoms with Gasteiger partial charge in [-0.25, -0.2) is 0 Å². The molecule has 0 aromatic rings. The van der Waals surface area contributed by atoms with Gasteiger partial charge >= 0.3 is 0 Å². The van der Waals surface area contributed by atoms with Gasteiger partial charge in [-0.2, -0.15) is 0 Å². The van der Waals surface area contributed by atoms with Crippen molar-refractivity contribution in [3.63, 3.8) is 0 Å². The molecule has 2 nitrogen and oxygen atoms in total. The Bertz CT molecular complexity index is 237. The Kier molecular flexibility index (Phi) is 8.38. The summed E-state index contributed by atoms with van der Waals surface area (Å²) in [5.74, 6) is 1.60. The van der Waals surface area contributed by atoms with Crippen LogP contribution < -0.4 is 0 Å². The Morgan fingerprint density at radius 3 is 2.21 bits per heavy atom. The van der Waals surface area contributed by atoms with Crippen LogP contribution in [0.3, 0.4) is 0 Å². The second-order valence-corrected chi connectivity index (χ2v) is 7.56. The van der Waals surface area contributed by atoms with Crippen molar-refractivity contribution >= 4 is 14.3 Å². The van der Waals surface area contributed by atoms with Crippen molar-refractivity contribution < 1.29 is 9.84 Å². The van der Waals surface area contributed by atoms with Crippen LogP contribution in [0.4, 0.5) is 0 Å². The Balaban J connectivity index is 3.89. The first-order valence-corrected chi connectivity index (χ1v) is 7.92. The van der Waals surface area contributed by atoms with Gasteiger partial charge in [-0.1, -0.05) is 39.4 Å². The average molecular weight is 268 g/mol. The smallest absolute Gasteiger partial charge is 0.127 e. The molecule has 2 atom stereocenters. The van der Waals surface area contributed by atoms with E-state index in [-0.39, 0.29) is 5.50 Å². The molecule has 0 spiro atoms. The maximum absolute atomic E-state index is 9.68. The van der Waals surface area contributed by atoms with Crippen LogP contribution in [-0.4, -0.2) is 37.2 Å². The lowest BCUT2D eigenvalue weighted by atomic mass is 9.28. The molecule has 0 saturated heterocycles. The van der Waals surface area contributed by atoms with Crippen LogP contribution in [0.1, 0.15) is 67.7 Å². The largest absolute Gasteiger partial charge is 0.390 e. The van der Waals surface area contributed by atoms with Gasteiger partial charge in [0.2, 0.25) is 0 Å². The van der Waals surface area contributed by atoms with Crippen molar-refractivity contribution in [2.75, 3.05) is 6.61 Å². The van der Waals surface area contributed by atoms with Crippen LogP contribution in [-0.2, 0) is 4.74 Å². The fourth-order valence-corrected chi connectivity index (χ4v) is 2.21. The molecule has 4 heteroatoms. The summed E-state index contributed by atoms with van der Waals surface area (Å²) in [6.45, 7) is 15.6. The zero-order valence-corrected chi connectivity index (χ0v) is 14.3. The van der Waals surface area contributed by atoms with E-state index in [9.17, 15) is 5.11 Å². The van der Waals surface area contributed by atoms with Gasteiger partial charge in [-0.15, -0.1) is 0 Å². The summed E-state index contributed by atoms with van der Waals surface area (Å²) in [4.78, 5) is 0. The molecule has 0 aromatic carbocycles. The van der Waals surface area contributed by atoms with Gasteiger partial charge in [-0.05, 0) is 40.0 Å². The number of ether oxygens (including phenoxy) is 1. The molecule has 0 saturated carbocycles. The zero-order valence-electron chi connectivity index (χ0n) is 14.3. The summed E-state index contributed by atoms with van der Waals surface area (Å²) in [5.41, 5.74) is -0.700. The van der Waals surface area contributed by atoms with Gasteiger partial charge in [0.25, 0.3) is 0 Å². The summed E-state index contributed by atoms with van der Waals surface area (Å²) in [7, 11) is 2.32. The molecule has 0 fully saturated rings. The van der Waals surface area contributed by atoms with Gasteiger partial charge in [-0.3, -0.25) is 0 Å². The molecule has 0 amide bonds. The monoisotopic (exact) mass is 268 g/mol. The summed E-state index contributed by atoms with van der Waals surface area (Å²) in [6, 6.07) is 0. The molecule has 2 unspecified atom stereocenters. The molecular weight excluding hydrogens is 234 g/mol. The Hall–Kier alpha value is 0.0499. The SMILES string of the molecule is CCC(C)CC(C)BBC(C)(C)OCCC(C)(C)O. The van der Waals surface area contributed by atoms with E-state index in [0.717, 1.165) is 18.9 Å². The number of aliphatic hydroxyl groups is 1. The lowest BCUT2D eigenvalue weighted by Crippen LogP contribution is -2.38. The first kappa shape index (κ1) is 19.0. The maximum atomic E-state index is 9.68. The Morgan fingerprint density at radius 1 is 1.16 bits per heavy atom. The zero-order chi connectivity index (χ0) is 15.1. The summed E-state index contributed by atoms with van der Waals surface area (Å²) < 4.78 is 5.93. The van der Waals surface area contributed by atoms with Crippen LogP contribution in [0.25, 0.3) is 0 Å². The van der Waals surface area contributed by atoms with Crippen molar-refractivity contribution in [2.24, 2.45) is 5.92 Å². The highest BCUT2D eigenvalue weighted by molar-refractivity contribution is 7.02. The van der Waals surface area contributed by atoms with E-state index in [0.29, 0.717) is 13.0 Å². The lowest BCUT2D eigenvalue weighted by molar-refractivity contribution is -0.00669. The van der Waals surface area contributed by atoms with Gasteiger partial charge < -0.3 is 9.84 Å². The van der Waals surface area contributed by atoms with E-state index in [1.54, 1.807) is 0 Å². The average Bonchev–Trinajstić information content (AvgIpc) is 2.24. The van der Waals surface area contributed by atoms with E-state index in [4.69, 9.17) is 4.74 Å². The third kappa shape index (κ3) is 11.6. The highest BCUT2D eigenvalue weighted by atomic mass is 16.5. The summed E-state index contributed by atoms with van der Waals surface area (Å²) >= 11 is 0. The summed E-state index contributed by atoms with van der Waals surface area (Å²) in [6.07, 6.45) is 3.28. The second-order valence-electron chi connectivity index (χ2n) is 7.56. The molecule has 0 aliphatic heterocycles. The number of hydrogen-bond donors (Lipinski definition) is 1. The van der Waals surface area contributed by atoms with Crippen molar-refractivity contribution in [1.82, 2.24) is 0 Å². The minimum Gasteiger partial charge on any atom is -0.390 e. The van der Waals surface area contributed by atoms with Gasteiger partial charge in [0.05, 0.1) is 12.8 Å². The standard InChI is InChI=1S/C15H34B2O2/c1-8-12(2)11-13(3)16-17-15(6,7)19-10-9-14(4,5)18/h12-13,16-18H,8-11H2,1-7H3. The number of rotatable bonds is 10. The first-order chi connectivity index (χ1) is 8.56. The predicted octanol–water partition coefficient (Wildman–Crippen LogP) is 2.93. The molecular formula is C15H34B2O2. The van der Waals surface area contributed by atoms with E-state index in [2.05, 4.69) is 34.6 Å². The molecule has 0 bridgehead atoms. The third-order valence-electron chi connectivity index (χ3n) is 3.95. The van der Waals surface area contributed by atoms with Crippen LogP contribution in [0.15, 0.2) is 0 Å². The van der Waals surface area contributed by atoms with Crippen LogP contribution in [0, 0.1) is 5.92 Å². The van der Waals surface area contributed by atoms with Crippen molar-refractivity contribution in [3.05, 3.63) is 0 Å². The molecule has 0 rings (SSSR count). The molecule has 0 heterocycles. The fraction of sp³-hybridized carbons (Fsp3) is 1.00. The fourth-order valence-electron chi connectivity index (χ4n) is 2.21. The Morgan fingerprint density at radius 2 is 1.74 bits per heavy atom. The minimum atomic E-state index is -0.625. The molecule has 0 aliphatic rings. The van der Waals surface area contributed by atoms with E-state index in [1.807, 2.05) is 13.8 Å². The van der Waals surface area contributed by atoms with Crippen molar-refractivity contribution in [1.29, 1.82) is 0 Å². The van der Waals surface area contributed by atoms with Gasteiger partial charge in [0.15, 0.2) is 0 Å². The minimum absolute atomic E-state index is 0.0744. The van der Waals surface area contributed by atoms with Gasteiger partial charge in [0, 0.05) is 12.1 Å². The highest BCUT2D eigenvalue weighted by Crippen LogP contribution is 2.20. The molecule has 0 aliphatic carbocycles. The van der Waals surface area contributed by atoms with Crippen LogP contribution in [0.5, 0.6) is 0 Å². The molecule has 112 valence electrons. The molecule has 19 heavy (non-hydrogen) atoms. The molecule has 0 radical (unpaired) electrons. The Labute approximate surface area is 122 Å². The topological polar surface area (TPSA) is 29.5 Å². The van der Waals surface area contributed by atoms with Crippen LogP contribution in [0.2, 0.25) is 5.82 Å². The van der Waals surface area contributed by atoms with Crippen molar-refractivity contribution in [2.45, 2.75) is 84.6 Å². The maximum Gasteiger partial charge on any atom is 0.127 e. The lowest BCUT2D eigenvalue weighted by Gasteiger charge is -2.28. The van der Waals surface area contributed by atoms with Crippen LogP contribution >= 0.6 is 0 Å². The van der Waals surface area contributed by atoms with Gasteiger partial charge in [0.1, 0.15) is 7.17 Å². The second kappa shape index (κ2) is 8.36. The first-order valence-electron chi connectivity index (χ1n) is 7.92. The summed E-state index contributed by atoms with van der Waals surface area (Å²) in [5, 5.41) is 9.68. The molecule has 1 N–H and O–H groups in total. The quantitative estimate of drug-likeness (QED) is 0.617. The van der Waals surface area contributed by atoms with E-state index >= 15 is 0 Å². The van der Waals surface area contributed by atoms with E-state index in [1.165, 1.54) is 20.0 Å². The third-order valence-corrected chi connectivity index (χ3v) is 3.95. The highest BCUT2D eigenvalue weighted by Gasteiger charge is 2.23. The van der Waals surface area contributed by atoms with E-state index < -0.39 is 5.60 Å². The van der Waals surface area contributed by atoms with Crippen molar-refractivity contribution in [3.8, 4) is 0 Å². The normalized spacial score (nSPS) is 16.0. The molecule has 0 aromatic heterocycles. The number of hydrogen-bond acceptors (Lipinski definition) is 2.